The maximum absolute atomic E-state index is 11.1. The minimum absolute atomic E-state index is 0.348. The maximum Gasteiger partial charge on any atom is 0.150 e. The third-order valence-electron chi connectivity index (χ3n) is 2.31. The van der Waals surface area contributed by atoms with Crippen molar-refractivity contribution in [2.24, 2.45) is 0 Å². The molecule has 1 saturated heterocycles. The van der Waals surface area contributed by atoms with Gasteiger partial charge in [-0.1, -0.05) is 12.2 Å². The van der Waals surface area contributed by atoms with Gasteiger partial charge in [-0.05, 0) is 19.8 Å². The standard InChI is InChI=1S/C9H17NO2S/c1-2-3-6-10-9-4-7-13(11,12)8-5-9/h2-3,9-10H,4-8H2,1H3/b3-2+. The summed E-state index contributed by atoms with van der Waals surface area (Å²) in [6.45, 7) is 2.83. The van der Waals surface area contributed by atoms with E-state index in [0.717, 1.165) is 19.4 Å². The first-order valence-corrected chi connectivity index (χ1v) is 6.51. The first-order valence-electron chi connectivity index (χ1n) is 4.69. The van der Waals surface area contributed by atoms with Crippen molar-refractivity contribution < 1.29 is 8.42 Å². The van der Waals surface area contributed by atoms with Gasteiger partial charge in [-0.2, -0.15) is 0 Å². The van der Waals surface area contributed by atoms with Crippen molar-refractivity contribution in [3.05, 3.63) is 12.2 Å². The summed E-state index contributed by atoms with van der Waals surface area (Å²) >= 11 is 0. The molecule has 1 aliphatic rings. The topological polar surface area (TPSA) is 46.2 Å². The van der Waals surface area contributed by atoms with Crippen LogP contribution >= 0.6 is 0 Å². The van der Waals surface area contributed by atoms with E-state index in [1.165, 1.54) is 0 Å². The quantitative estimate of drug-likeness (QED) is 0.688. The Kier molecular flexibility index (Phi) is 3.93. The summed E-state index contributed by atoms with van der Waals surface area (Å²) in [6.07, 6.45) is 5.56. The van der Waals surface area contributed by atoms with Crippen LogP contribution in [0.15, 0.2) is 12.2 Å². The summed E-state index contributed by atoms with van der Waals surface area (Å²) in [7, 11) is -2.70. The molecular weight excluding hydrogens is 186 g/mol. The van der Waals surface area contributed by atoms with E-state index in [4.69, 9.17) is 0 Å². The van der Waals surface area contributed by atoms with Crippen molar-refractivity contribution in [1.29, 1.82) is 0 Å². The lowest BCUT2D eigenvalue weighted by atomic mass is 10.1. The largest absolute Gasteiger partial charge is 0.310 e. The van der Waals surface area contributed by atoms with Gasteiger partial charge in [0.1, 0.15) is 9.84 Å². The highest BCUT2D eigenvalue weighted by Crippen LogP contribution is 2.11. The predicted octanol–water partition coefficient (Wildman–Crippen LogP) is 0.729. The van der Waals surface area contributed by atoms with Crippen molar-refractivity contribution in [1.82, 2.24) is 5.32 Å². The summed E-state index contributed by atoms with van der Waals surface area (Å²) in [4.78, 5) is 0. The predicted molar refractivity (Wildman–Crippen MR) is 54.5 cm³/mol. The molecule has 0 aromatic rings. The van der Waals surface area contributed by atoms with Crippen LogP contribution in [0.1, 0.15) is 19.8 Å². The first-order chi connectivity index (χ1) is 6.14. The number of allylic oxidation sites excluding steroid dienone is 1. The third-order valence-corrected chi connectivity index (χ3v) is 4.03. The molecule has 0 aromatic heterocycles. The Bertz CT molecular complexity index is 255. The summed E-state index contributed by atoms with van der Waals surface area (Å²) in [6, 6.07) is 0.389. The Morgan fingerprint density at radius 1 is 1.38 bits per heavy atom. The fourth-order valence-corrected chi connectivity index (χ4v) is 2.94. The van der Waals surface area contributed by atoms with E-state index in [1.807, 2.05) is 19.1 Å². The molecule has 1 N–H and O–H groups in total. The second kappa shape index (κ2) is 4.77. The molecule has 0 aliphatic carbocycles. The zero-order chi connectivity index (χ0) is 9.73. The van der Waals surface area contributed by atoms with E-state index in [2.05, 4.69) is 5.32 Å². The lowest BCUT2D eigenvalue weighted by Crippen LogP contribution is -2.37. The van der Waals surface area contributed by atoms with Crippen LogP contribution in [0.3, 0.4) is 0 Å². The van der Waals surface area contributed by atoms with E-state index in [-0.39, 0.29) is 0 Å². The second-order valence-corrected chi connectivity index (χ2v) is 5.71. The van der Waals surface area contributed by atoms with Crippen LogP contribution < -0.4 is 5.32 Å². The minimum atomic E-state index is -2.70. The second-order valence-electron chi connectivity index (χ2n) is 3.40. The highest BCUT2D eigenvalue weighted by atomic mass is 32.2. The van der Waals surface area contributed by atoms with E-state index in [9.17, 15) is 8.42 Å². The zero-order valence-electron chi connectivity index (χ0n) is 7.99. The molecule has 0 unspecified atom stereocenters. The van der Waals surface area contributed by atoms with Crippen molar-refractivity contribution in [3.63, 3.8) is 0 Å². The molecule has 1 heterocycles. The molecule has 1 aliphatic heterocycles. The smallest absolute Gasteiger partial charge is 0.150 e. The van der Waals surface area contributed by atoms with Crippen LogP contribution in [0.25, 0.3) is 0 Å². The molecule has 0 radical (unpaired) electrons. The van der Waals surface area contributed by atoms with E-state index in [1.54, 1.807) is 0 Å². The van der Waals surface area contributed by atoms with Crippen LogP contribution in [0, 0.1) is 0 Å². The first kappa shape index (κ1) is 10.7. The van der Waals surface area contributed by atoms with Gasteiger partial charge in [0, 0.05) is 12.6 Å². The summed E-state index contributed by atoms with van der Waals surface area (Å²) in [5.74, 6) is 0.695. The fraction of sp³-hybridized carbons (Fsp3) is 0.778. The highest BCUT2D eigenvalue weighted by molar-refractivity contribution is 7.91. The molecule has 76 valence electrons. The Balaban J connectivity index is 2.25. The van der Waals surface area contributed by atoms with E-state index in [0.29, 0.717) is 17.5 Å². The molecule has 1 fully saturated rings. The summed E-state index contributed by atoms with van der Waals surface area (Å²) < 4.78 is 22.2. The van der Waals surface area contributed by atoms with Gasteiger partial charge >= 0.3 is 0 Å². The highest BCUT2D eigenvalue weighted by Gasteiger charge is 2.22. The summed E-state index contributed by atoms with van der Waals surface area (Å²) in [5, 5.41) is 3.31. The van der Waals surface area contributed by atoms with Crippen molar-refractivity contribution >= 4 is 9.84 Å². The number of sulfone groups is 1. The molecule has 0 amide bonds. The fourth-order valence-electron chi connectivity index (χ4n) is 1.45. The molecule has 0 saturated carbocycles. The molecule has 0 spiro atoms. The number of hydrogen-bond acceptors (Lipinski definition) is 3. The van der Waals surface area contributed by atoms with Gasteiger partial charge in [0.15, 0.2) is 0 Å². The van der Waals surface area contributed by atoms with Gasteiger partial charge in [0.05, 0.1) is 11.5 Å². The minimum Gasteiger partial charge on any atom is -0.310 e. The van der Waals surface area contributed by atoms with Crippen LogP contribution in [0.5, 0.6) is 0 Å². The van der Waals surface area contributed by atoms with E-state index >= 15 is 0 Å². The van der Waals surface area contributed by atoms with Crippen molar-refractivity contribution in [2.75, 3.05) is 18.1 Å². The molecule has 3 nitrogen and oxygen atoms in total. The Hall–Kier alpha value is -0.350. The molecule has 0 bridgehead atoms. The van der Waals surface area contributed by atoms with Gasteiger partial charge in [0.2, 0.25) is 0 Å². The van der Waals surface area contributed by atoms with Crippen molar-refractivity contribution in [3.8, 4) is 0 Å². The Morgan fingerprint density at radius 2 is 2.00 bits per heavy atom. The Morgan fingerprint density at radius 3 is 2.54 bits per heavy atom. The number of rotatable bonds is 3. The Labute approximate surface area is 80.1 Å². The van der Waals surface area contributed by atoms with Crippen LogP contribution in [-0.4, -0.2) is 32.5 Å². The molecule has 1 rings (SSSR count). The maximum atomic E-state index is 11.1. The number of nitrogens with one attached hydrogen (secondary N) is 1. The molecular formula is C9H17NO2S. The number of hydrogen-bond donors (Lipinski definition) is 1. The normalized spacial score (nSPS) is 23.8. The van der Waals surface area contributed by atoms with Gasteiger partial charge in [-0.15, -0.1) is 0 Å². The van der Waals surface area contributed by atoms with Crippen LogP contribution in [0.2, 0.25) is 0 Å². The van der Waals surface area contributed by atoms with Gasteiger partial charge in [-0.3, -0.25) is 0 Å². The van der Waals surface area contributed by atoms with Crippen LogP contribution in [0.4, 0.5) is 0 Å². The monoisotopic (exact) mass is 203 g/mol. The molecule has 4 heteroatoms. The molecule has 0 atom stereocenters. The molecule has 13 heavy (non-hydrogen) atoms. The molecule has 0 aromatic carbocycles. The van der Waals surface area contributed by atoms with Gasteiger partial charge in [-0.25, -0.2) is 8.42 Å². The zero-order valence-corrected chi connectivity index (χ0v) is 8.81. The lowest BCUT2D eigenvalue weighted by Gasteiger charge is -2.22. The van der Waals surface area contributed by atoms with Crippen molar-refractivity contribution in [2.45, 2.75) is 25.8 Å². The van der Waals surface area contributed by atoms with E-state index < -0.39 is 9.84 Å². The van der Waals surface area contributed by atoms with Gasteiger partial charge < -0.3 is 5.32 Å². The SMILES string of the molecule is C/C=C/CNC1CCS(=O)(=O)CC1. The average molecular weight is 203 g/mol. The summed E-state index contributed by atoms with van der Waals surface area (Å²) in [5.41, 5.74) is 0. The van der Waals surface area contributed by atoms with Crippen LogP contribution in [-0.2, 0) is 9.84 Å². The third kappa shape index (κ3) is 3.91. The lowest BCUT2D eigenvalue weighted by molar-refractivity contribution is 0.483. The average Bonchev–Trinajstić information content (AvgIpc) is 2.08. The van der Waals surface area contributed by atoms with Gasteiger partial charge in [0.25, 0.3) is 0 Å².